The summed E-state index contributed by atoms with van der Waals surface area (Å²) in [6.07, 6.45) is -0.00785. The first-order valence-electron chi connectivity index (χ1n) is 6.25. The van der Waals surface area contributed by atoms with E-state index in [1.807, 2.05) is 13.0 Å². The van der Waals surface area contributed by atoms with Crippen LogP contribution in [-0.4, -0.2) is 31.5 Å². The highest BCUT2D eigenvalue weighted by Gasteiger charge is 2.19. The summed E-state index contributed by atoms with van der Waals surface area (Å²) < 4.78 is 10.5. The van der Waals surface area contributed by atoms with Gasteiger partial charge in [0.15, 0.2) is 11.5 Å². The van der Waals surface area contributed by atoms with Gasteiger partial charge in [-0.15, -0.1) is 0 Å². The average molecular weight is 288 g/mol. The molecule has 1 aromatic rings. The minimum absolute atomic E-state index is 0.0771. The fourth-order valence-corrected chi connectivity index (χ4v) is 2.29. The monoisotopic (exact) mass is 287 g/mol. The molecule has 4 nitrogen and oxygen atoms in total. The van der Waals surface area contributed by atoms with E-state index < -0.39 is 6.10 Å². The highest BCUT2D eigenvalue weighted by Crippen LogP contribution is 2.37. The summed E-state index contributed by atoms with van der Waals surface area (Å²) in [6.45, 7) is 3.78. The van der Waals surface area contributed by atoms with Gasteiger partial charge in [-0.1, -0.05) is 18.5 Å². The molecule has 19 heavy (non-hydrogen) atoms. The lowest BCUT2D eigenvalue weighted by Crippen LogP contribution is -2.32. The second-order valence-corrected chi connectivity index (χ2v) is 5.20. The normalized spacial score (nSPS) is 15.7. The van der Waals surface area contributed by atoms with Gasteiger partial charge in [0.25, 0.3) is 0 Å². The molecule has 0 aliphatic heterocycles. The first-order chi connectivity index (χ1) is 8.90. The number of hydrogen-bond acceptors (Lipinski definition) is 4. The van der Waals surface area contributed by atoms with E-state index >= 15 is 0 Å². The minimum Gasteiger partial charge on any atom is -0.493 e. The van der Waals surface area contributed by atoms with Crippen molar-refractivity contribution in [3.05, 3.63) is 22.7 Å². The zero-order valence-electron chi connectivity index (χ0n) is 11.8. The molecule has 5 heteroatoms. The van der Waals surface area contributed by atoms with Gasteiger partial charge < -0.3 is 20.3 Å². The Balaban J connectivity index is 2.99. The van der Waals surface area contributed by atoms with Crippen molar-refractivity contribution in [2.75, 3.05) is 14.2 Å². The average Bonchev–Trinajstić information content (AvgIpc) is 2.37. The van der Waals surface area contributed by atoms with E-state index in [0.29, 0.717) is 22.9 Å². The maximum atomic E-state index is 9.85. The molecule has 0 heterocycles. The van der Waals surface area contributed by atoms with Gasteiger partial charge in [-0.05, 0) is 30.9 Å². The molecular formula is C14H22ClNO3. The topological polar surface area (TPSA) is 64.7 Å². The summed E-state index contributed by atoms with van der Waals surface area (Å²) in [5.41, 5.74) is 6.59. The summed E-state index contributed by atoms with van der Waals surface area (Å²) in [6, 6.07) is 3.31. The Morgan fingerprint density at radius 1 is 1.21 bits per heavy atom. The van der Waals surface area contributed by atoms with Crippen molar-refractivity contribution in [2.24, 2.45) is 5.73 Å². The Hall–Kier alpha value is -0.970. The van der Waals surface area contributed by atoms with Gasteiger partial charge in [-0.3, -0.25) is 0 Å². The summed E-state index contributed by atoms with van der Waals surface area (Å²) in [5.74, 6) is 1.30. The second kappa shape index (κ2) is 6.98. The Morgan fingerprint density at radius 2 is 1.74 bits per heavy atom. The molecule has 0 saturated carbocycles. The molecular weight excluding hydrogens is 266 g/mol. The molecule has 0 saturated heterocycles. The fourth-order valence-electron chi connectivity index (χ4n) is 1.95. The van der Waals surface area contributed by atoms with E-state index in [1.165, 1.54) is 0 Å². The summed E-state index contributed by atoms with van der Waals surface area (Å²) in [4.78, 5) is 0. The number of methoxy groups -OCH3 is 2. The maximum absolute atomic E-state index is 9.85. The van der Waals surface area contributed by atoms with Crippen molar-refractivity contribution in [3.63, 3.8) is 0 Å². The van der Waals surface area contributed by atoms with Gasteiger partial charge in [0.2, 0.25) is 0 Å². The molecule has 108 valence electrons. The van der Waals surface area contributed by atoms with E-state index in [2.05, 4.69) is 0 Å². The van der Waals surface area contributed by atoms with Crippen LogP contribution >= 0.6 is 11.6 Å². The summed E-state index contributed by atoms with van der Waals surface area (Å²) in [5, 5.41) is 10.5. The van der Waals surface area contributed by atoms with Gasteiger partial charge in [-0.25, -0.2) is 0 Å². The molecule has 0 aliphatic rings. The number of aliphatic hydroxyl groups excluding tert-OH is 1. The van der Waals surface area contributed by atoms with Crippen molar-refractivity contribution in [1.82, 2.24) is 0 Å². The van der Waals surface area contributed by atoms with Crippen LogP contribution in [0, 0.1) is 0 Å². The number of hydrogen-bond donors (Lipinski definition) is 2. The lowest BCUT2D eigenvalue weighted by molar-refractivity contribution is 0.134. The number of nitrogens with two attached hydrogens (primary N) is 1. The highest BCUT2D eigenvalue weighted by atomic mass is 35.5. The van der Waals surface area contributed by atoms with Gasteiger partial charge >= 0.3 is 0 Å². The standard InChI is InChI=1S/C14H22ClNO3/c1-8(5-12(17)9(2)16)10-6-13(18-3)14(19-4)7-11(10)15/h6-9,12,17H,5,16H2,1-4H3. The van der Waals surface area contributed by atoms with Crippen LogP contribution in [-0.2, 0) is 0 Å². The Morgan fingerprint density at radius 3 is 2.21 bits per heavy atom. The van der Waals surface area contributed by atoms with E-state index in [0.717, 1.165) is 5.56 Å². The van der Waals surface area contributed by atoms with Crippen molar-refractivity contribution in [1.29, 1.82) is 0 Å². The molecule has 0 aliphatic carbocycles. The predicted octanol–water partition coefficient (Wildman–Crippen LogP) is 2.56. The molecule has 0 bridgehead atoms. The number of rotatable bonds is 6. The molecule has 0 amide bonds. The molecule has 3 unspecified atom stereocenters. The molecule has 3 N–H and O–H groups in total. The van der Waals surface area contributed by atoms with Gasteiger partial charge in [0.1, 0.15) is 0 Å². The third-order valence-electron chi connectivity index (χ3n) is 3.24. The lowest BCUT2D eigenvalue weighted by atomic mass is 9.92. The van der Waals surface area contributed by atoms with Crippen LogP contribution in [0.5, 0.6) is 11.5 Å². The molecule has 1 aromatic carbocycles. The van der Waals surface area contributed by atoms with Crippen molar-refractivity contribution in [3.8, 4) is 11.5 Å². The van der Waals surface area contributed by atoms with Gasteiger partial charge in [0, 0.05) is 17.1 Å². The Labute approximate surface area is 119 Å². The van der Waals surface area contributed by atoms with Crippen LogP contribution in [0.4, 0.5) is 0 Å². The van der Waals surface area contributed by atoms with Crippen LogP contribution in [0.25, 0.3) is 0 Å². The van der Waals surface area contributed by atoms with Crippen LogP contribution in [0.15, 0.2) is 12.1 Å². The smallest absolute Gasteiger partial charge is 0.162 e. The number of aliphatic hydroxyl groups is 1. The molecule has 0 fully saturated rings. The summed E-state index contributed by atoms with van der Waals surface area (Å²) in [7, 11) is 3.15. The Kier molecular flexibility index (Phi) is 5.91. The third-order valence-corrected chi connectivity index (χ3v) is 3.56. The fraction of sp³-hybridized carbons (Fsp3) is 0.571. The van der Waals surface area contributed by atoms with Crippen LogP contribution in [0.3, 0.4) is 0 Å². The SMILES string of the molecule is COc1cc(Cl)c(C(C)CC(O)C(C)N)cc1OC. The van der Waals surface area contributed by atoms with E-state index in [4.69, 9.17) is 26.8 Å². The maximum Gasteiger partial charge on any atom is 0.162 e. The zero-order chi connectivity index (χ0) is 14.6. The van der Waals surface area contributed by atoms with E-state index in [9.17, 15) is 5.11 Å². The van der Waals surface area contributed by atoms with E-state index in [1.54, 1.807) is 27.2 Å². The van der Waals surface area contributed by atoms with Crippen molar-refractivity contribution >= 4 is 11.6 Å². The minimum atomic E-state index is -0.556. The molecule has 0 aromatic heterocycles. The summed E-state index contributed by atoms with van der Waals surface area (Å²) >= 11 is 6.25. The quantitative estimate of drug-likeness (QED) is 0.844. The Bertz CT molecular complexity index is 423. The number of halogens is 1. The largest absolute Gasteiger partial charge is 0.493 e. The molecule has 1 rings (SSSR count). The molecule has 3 atom stereocenters. The predicted molar refractivity (Wildman–Crippen MR) is 77.2 cm³/mol. The zero-order valence-corrected chi connectivity index (χ0v) is 12.6. The van der Waals surface area contributed by atoms with Crippen LogP contribution in [0.2, 0.25) is 5.02 Å². The highest BCUT2D eigenvalue weighted by molar-refractivity contribution is 6.31. The molecule has 0 spiro atoms. The van der Waals surface area contributed by atoms with Crippen LogP contribution in [0.1, 0.15) is 31.7 Å². The van der Waals surface area contributed by atoms with Crippen LogP contribution < -0.4 is 15.2 Å². The lowest BCUT2D eigenvalue weighted by Gasteiger charge is -2.21. The number of ether oxygens (including phenoxy) is 2. The number of benzene rings is 1. The first kappa shape index (κ1) is 16.1. The second-order valence-electron chi connectivity index (χ2n) is 4.79. The van der Waals surface area contributed by atoms with E-state index in [-0.39, 0.29) is 12.0 Å². The third kappa shape index (κ3) is 4.00. The first-order valence-corrected chi connectivity index (χ1v) is 6.63. The van der Waals surface area contributed by atoms with Gasteiger partial charge in [-0.2, -0.15) is 0 Å². The van der Waals surface area contributed by atoms with Crippen molar-refractivity contribution in [2.45, 2.75) is 38.3 Å². The molecule has 0 radical (unpaired) electrons. The van der Waals surface area contributed by atoms with Gasteiger partial charge in [0.05, 0.1) is 20.3 Å². The van der Waals surface area contributed by atoms with Crippen molar-refractivity contribution < 1.29 is 14.6 Å².